The fourth-order valence-electron chi connectivity index (χ4n) is 6.60. The monoisotopic (exact) mass is 545 g/mol. The van der Waals surface area contributed by atoms with Crippen molar-refractivity contribution in [2.24, 2.45) is 11.8 Å². The third-order valence-corrected chi connectivity index (χ3v) is 10.2. The Morgan fingerprint density at radius 2 is 1.89 bits per heavy atom. The van der Waals surface area contributed by atoms with Crippen LogP contribution in [0.3, 0.4) is 0 Å². The fraction of sp³-hybridized carbons (Fsp3) is 0.690. The van der Waals surface area contributed by atoms with Gasteiger partial charge in [0.2, 0.25) is 17.7 Å². The van der Waals surface area contributed by atoms with Gasteiger partial charge in [-0.25, -0.2) is 0 Å². The van der Waals surface area contributed by atoms with Gasteiger partial charge in [0.25, 0.3) is 0 Å². The van der Waals surface area contributed by atoms with Crippen LogP contribution in [-0.4, -0.2) is 69.6 Å². The van der Waals surface area contributed by atoms with Crippen molar-refractivity contribution in [3.05, 3.63) is 24.3 Å². The second kappa shape index (κ2) is 12.7. The third kappa shape index (κ3) is 5.69. The summed E-state index contributed by atoms with van der Waals surface area (Å²) in [7, 11) is 0. The SMILES string of the molecule is CCCC(C)NC(=O)C1N(CCCCCCO)C(=O)[C@@H]2[C@@H](C(=O)Nc3ccc(OCC)cc3)[C@H]3CCC12S3. The highest BCUT2D eigenvalue weighted by molar-refractivity contribution is 8.02. The summed E-state index contributed by atoms with van der Waals surface area (Å²) < 4.78 is 4.94. The Kier molecular flexibility index (Phi) is 9.63. The standard InChI is InChI=1S/C29H43N3O5S/c1-4-10-19(3)30-27(35)25-29-16-15-22(38-29)23(24(29)28(36)32(25)17-8-6-7-9-18-33)26(34)31-20-11-13-21(14-12-20)37-5-2/h11-14,19,22-25,33H,4-10,15-18H2,1-3H3,(H,30,35)(H,31,34)/t19?,22-,23+,24+,25?,29?/m1/s1. The molecule has 4 rings (SSSR count). The first-order valence-electron chi connectivity index (χ1n) is 14.3. The number of benzene rings is 1. The Morgan fingerprint density at radius 3 is 2.58 bits per heavy atom. The van der Waals surface area contributed by atoms with Crippen molar-refractivity contribution in [3.63, 3.8) is 0 Å². The molecule has 3 heterocycles. The number of fused-ring (bicyclic) bond motifs is 1. The van der Waals surface area contributed by atoms with Crippen molar-refractivity contribution >= 4 is 35.2 Å². The van der Waals surface area contributed by atoms with E-state index >= 15 is 0 Å². The van der Waals surface area contributed by atoms with Crippen molar-refractivity contribution in [1.29, 1.82) is 0 Å². The van der Waals surface area contributed by atoms with Crippen molar-refractivity contribution in [2.75, 3.05) is 25.1 Å². The van der Waals surface area contributed by atoms with E-state index in [2.05, 4.69) is 17.6 Å². The average Bonchev–Trinajstić information content (AvgIpc) is 3.53. The van der Waals surface area contributed by atoms with Gasteiger partial charge in [-0.15, -0.1) is 11.8 Å². The first-order chi connectivity index (χ1) is 18.4. The lowest BCUT2D eigenvalue weighted by molar-refractivity contribution is -0.139. The van der Waals surface area contributed by atoms with Crippen LogP contribution in [0.2, 0.25) is 0 Å². The molecule has 3 N–H and O–H groups in total. The number of likely N-dealkylation sites (tertiary alicyclic amines) is 1. The summed E-state index contributed by atoms with van der Waals surface area (Å²) in [6, 6.07) is 6.77. The lowest BCUT2D eigenvalue weighted by Gasteiger charge is -2.35. The molecule has 0 saturated carbocycles. The first kappa shape index (κ1) is 28.7. The number of hydrogen-bond acceptors (Lipinski definition) is 6. The summed E-state index contributed by atoms with van der Waals surface area (Å²) in [4.78, 5) is 43.1. The number of rotatable bonds is 14. The minimum Gasteiger partial charge on any atom is -0.494 e. The molecule has 210 valence electrons. The van der Waals surface area contributed by atoms with Crippen LogP contribution in [0.25, 0.3) is 0 Å². The van der Waals surface area contributed by atoms with E-state index in [0.29, 0.717) is 18.8 Å². The van der Waals surface area contributed by atoms with Gasteiger partial charge in [-0.1, -0.05) is 26.2 Å². The van der Waals surface area contributed by atoms with Crippen molar-refractivity contribution in [2.45, 2.75) is 94.2 Å². The van der Waals surface area contributed by atoms with E-state index in [4.69, 9.17) is 9.84 Å². The Hall–Kier alpha value is -2.26. The largest absolute Gasteiger partial charge is 0.494 e. The molecule has 3 aliphatic rings. The lowest BCUT2D eigenvalue weighted by atomic mass is 9.70. The summed E-state index contributed by atoms with van der Waals surface area (Å²) in [6.07, 6.45) is 6.75. The number of aliphatic hydroxyl groups is 1. The molecule has 0 aromatic heterocycles. The molecule has 0 aliphatic carbocycles. The van der Waals surface area contributed by atoms with Gasteiger partial charge in [0.15, 0.2) is 0 Å². The van der Waals surface area contributed by atoms with Crippen LogP contribution in [0.15, 0.2) is 24.3 Å². The van der Waals surface area contributed by atoms with Gasteiger partial charge in [0.05, 0.1) is 23.2 Å². The maximum absolute atomic E-state index is 14.0. The molecule has 3 fully saturated rings. The molecule has 9 heteroatoms. The fourth-order valence-corrected chi connectivity index (χ4v) is 8.82. The van der Waals surface area contributed by atoms with E-state index in [0.717, 1.165) is 57.1 Å². The summed E-state index contributed by atoms with van der Waals surface area (Å²) in [5.41, 5.74) is 0.675. The highest BCUT2D eigenvalue weighted by Gasteiger charge is 2.73. The number of nitrogens with one attached hydrogen (secondary N) is 2. The number of unbranched alkanes of at least 4 members (excludes halogenated alkanes) is 3. The Morgan fingerprint density at radius 1 is 1.16 bits per heavy atom. The van der Waals surface area contributed by atoms with E-state index in [1.165, 1.54) is 0 Å². The molecular formula is C29H43N3O5S. The van der Waals surface area contributed by atoms with Crippen LogP contribution < -0.4 is 15.4 Å². The summed E-state index contributed by atoms with van der Waals surface area (Å²) >= 11 is 1.70. The van der Waals surface area contributed by atoms with Gasteiger partial charge < -0.3 is 25.4 Å². The Bertz CT molecular complexity index is 989. The van der Waals surface area contributed by atoms with E-state index in [1.54, 1.807) is 16.7 Å². The molecule has 3 aliphatic heterocycles. The minimum absolute atomic E-state index is 0.0294. The molecule has 6 atom stereocenters. The molecule has 38 heavy (non-hydrogen) atoms. The van der Waals surface area contributed by atoms with Crippen LogP contribution in [0.1, 0.15) is 72.1 Å². The molecule has 2 bridgehead atoms. The number of thioether (sulfide) groups is 1. The summed E-state index contributed by atoms with van der Waals surface area (Å²) in [5.74, 6) is -0.504. The number of nitrogens with zero attached hydrogens (tertiary/aromatic N) is 1. The summed E-state index contributed by atoms with van der Waals surface area (Å²) in [5, 5.41) is 15.4. The predicted octanol–water partition coefficient (Wildman–Crippen LogP) is 3.97. The molecule has 3 saturated heterocycles. The number of carbonyl (C=O) groups is 3. The number of amides is 3. The van der Waals surface area contributed by atoms with Crippen LogP contribution >= 0.6 is 11.8 Å². The number of hydrogen-bond donors (Lipinski definition) is 3. The van der Waals surface area contributed by atoms with Gasteiger partial charge >= 0.3 is 0 Å². The van der Waals surface area contributed by atoms with E-state index < -0.39 is 22.6 Å². The highest BCUT2D eigenvalue weighted by atomic mass is 32.2. The Labute approximate surface area is 230 Å². The van der Waals surface area contributed by atoms with Crippen LogP contribution in [0.5, 0.6) is 5.75 Å². The van der Waals surface area contributed by atoms with Crippen LogP contribution in [0, 0.1) is 11.8 Å². The zero-order chi connectivity index (χ0) is 27.3. The molecule has 0 radical (unpaired) electrons. The molecule has 1 spiro atoms. The molecule has 3 amide bonds. The maximum Gasteiger partial charge on any atom is 0.244 e. The van der Waals surface area contributed by atoms with Gasteiger partial charge in [-0.05, 0) is 70.2 Å². The predicted molar refractivity (Wildman–Crippen MR) is 150 cm³/mol. The smallest absolute Gasteiger partial charge is 0.244 e. The molecule has 1 aromatic carbocycles. The topological polar surface area (TPSA) is 108 Å². The molecule has 8 nitrogen and oxygen atoms in total. The van der Waals surface area contributed by atoms with Crippen molar-refractivity contribution in [1.82, 2.24) is 10.2 Å². The van der Waals surface area contributed by atoms with E-state index in [9.17, 15) is 14.4 Å². The Balaban J connectivity index is 1.55. The van der Waals surface area contributed by atoms with E-state index in [1.807, 2.05) is 38.1 Å². The minimum atomic E-state index is -0.566. The molecule has 1 aromatic rings. The van der Waals surface area contributed by atoms with Crippen LogP contribution in [0.4, 0.5) is 5.69 Å². The average molecular weight is 546 g/mol. The number of carbonyl (C=O) groups excluding carboxylic acids is 3. The molecule has 3 unspecified atom stereocenters. The number of ether oxygens (including phenoxy) is 1. The summed E-state index contributed by atoms with van der Waals surface area (Å²) in [6.45, 7) is 7.27. The van der Waals surface area contributed by atoms with Gasteiger partial charge in [-0.2, -0.15) is 0 Å². The normalized spacial score (nSPS) is 28.3. The quantitative estimate of drug-likeness (QED) is 0.305. The zero-order valence-electron chi connectivity index (χ0n) is 22.9. The van der Waals surface area contributed by atoms with Crippen LogP contribution in [-0.2, 0) is 14.4 Å². The van der Waals surface area contributed by atoms with Crippen molar-refractivity contribution < 1.29 is 24.2 Å². The lowest BCUT2D eigenvalue weighted by Crippen LogP contribution is -2.55. The van der Waals surface area contributed by atoms with Crippen molar-refractivity contribution in [3.8, 4) is 5.75 Å². The molecular weight excluding hydrogens is 502 g/mol. The second-order valence-corrected chi connectivity index (χ2v) is 12.5. The zero-order valence-corrected chi connectivity index (χ0v) is 23.7. The second-order valence-electron chi connectivity index (χ2n) is 10.9. The third-order valence-electron chi connectivity index (χ3n) is 8.20. The van der Waals surface area contributed by atoms with Gasteiger partial charge in [-0.3, -0.25) is 14.4 Å². The van der Waals surface area contributed by atoms with E-state index in [-0.39, 0.29) is 35.6 Å². The van der Waals surface area contributed by atoms with Gasteiger partial charge in [0.1, 0.15) is 11.8 Å². The highest BCUT2D eigenvalue weighted by Crippen LogP contribution is 2.66. The number of anilines is 1. The first-order valence-corrected chi connectivity index (χ1v) is 15.2. The van der Waals surface area contributed by atoms with Gasteiger partial charge in [0, 0.05) is 30.1 Å². The number of aliphatic hydroxyl groups excluding tert-OH is 1. The maximum atomic E-state index is 14.0.